The third kappa shape index (κ3) is 3.16. The monoisotopic (exact) mass is 361 g/mol. The molecule has 0 saturated heterocycles. The molecule has 0 amide bonds. The van der Waals surface area contributed by atoms with Crippen LogP contribution in [0.3, 0.4) is 0 Å². The highest BCUT2D eigenvalue weighted by Crippen LogP contribution is 2.25. The van der Waals surface area contributed by atoms with Gasteiger partial charge < -0.3 is 9.30 Å². The van der Waals surface area contributed by atoms with Crippen LogP contribution < -0.4 is 4.74 Å². The molecule has 0 bridgehead atoms. The van der Waals surface area contributed by atoms with Gasteiger partial charge in [0.15, 0.2) is 0 Å². The zero-order chi connectivity index (χ0) is 17.9. The molecule has 2 aromatic carbocycles. The van der Waals surface area contributed by atoms with Crippen molar-refractivity contribution in [3.63, 3.8) is 0 Å². The van der Waals surface area contributed by atoms with Crippen LogP contribution in [0.4, 0.5) is 0 Å². The van der Waals surface area contributed by atoms with Crippen molar-refractivity contribution >= 4 is 28.0 Å². The van der Waals surface area contributed by atoms with Crippen LogP contribution in [0.2, 0.25) is 0 Å². The summed E-state index contributed by atoms with van der Waals surface area (Å²) in [6, 6.07) is 19.8. The van der Waals surface area contributed by atoms with E-state index >= 15 is 0 Å². The van der Waals surface area contributed by atoms with Crippen LogP contribution in [-0.2, 0) is 6.54 Å². The molecule has 0 N–H and O–H groups in total. The van der Waals surface area contributed by atoms with Gasteiger partial charge in [-0.3, -0.25) is 4.79 Å². The Hall–Kier alpha value is -2.85. The fraction of sp³-hybridized carbons (Fsp3) is 0.136. The van der Waals surface area contributed by atoms with E-state index in [9.17, 15) is 4.79 Å². The number of rotatable bonds is 6. The lowest BCUT2D eigenvalue weighted by Crippen LogP contribution is -2.08. The summed E-state index contributed by atoms with van der Waals surface area (Å²) < 4.78 is 8.03. The normalized spacial score (nSPS) is 11.0. The number of thiophene rings is 1. The topological polar surface area (TPSA) is 31.2 Å². The van der Waals surface area contributed by atoms with Gasteiger partial charge in [0.25, 0.3) is 0 Å². The van der Waals surface area contributed by atoms with Crippen LogP contribution in [0.25, 0.3) is 10.9 Å². The van der Waals surface area contributed by atoms with Gasteiger partial charge in [0.2, 0.25) is 5.78 Å². The molecule has 0 saturated carbocycles. The zero-order valence-electron chi connectivity index (χ0n) is 14.5. The van der Waals surface area contributed by atoms with Gasteiger partial charge in [0.1, 0.15) is 12.4 Å². The third-order valence-electron chi connectivity index (χ3n) is 4.46. The van der Waals surface area contributed by atoms with Crippen molar-refractivity contribution in [1.82, 2.24) is 4.57 Å². The summed E-state index contributed by atoms with van der Waals surface area (Å²) in [6.45, 7) is 3.28. The van der Waals surface area contributed by atoms with Crippen molar-refractivity contribution in [2.75, 3.05) is 6.61 Å². The standard InChI is InChI=1S/C22H19NO2S/c1-16-7-2-5-10-20(16)25-13-12-23-15-18(17-8-3-4-9-19(17)23)22(24)21-11-6-14-26-21/h2-11,14-15H,12-13H2,1H3. The highest BCUT2D eigenvalue weighted by molar-refractivity contribution is 7.12. The van der Waals surface area contributed by atoms with Gasteiger partial charge in [-0.15, -0.1) is 11.3 Å². The van der Waals surface area contributed by atoms with Crippen molar-refractivity contribution < 1.29 is 9.53 Å². The second-order valence-electron chi connectivity index (χ2n) is 6.17. The minimum Gasteiger partial charge on any atom is -0.491 e. The summed E-state index contributed by atoms with van der Waals surface area (Å²) in [5.74, 6) is 0.980. The summed E-state index contributed by atoms with van der Waals surface area (Å²) in [6.07, 6.45) is 1.95. The maximum absolute atomic E-state index is 12.8. The van der Waals surface area contributed by atoms with Gasteiger partial charge in [-0.25, -0.2) is 0 Å². The first-order valence-electron chi connectivity index (χ1n) is 8.58. The summed E-state index contributed by atoms with van der Waals surface area (Å²) in [7, 11) is 0. The van der Waals surface area contributed by atoms with E-state index in [1.54, 1.807) is 0 Å². The number of carbonyl (C=O) groups is 1. The molecule has 4 rings (SSSR count). The van der Waals surface area contributed by atoms with Gasteiger partial charge in [-0.05, 0) is 36.1 Å². The van der Waals surface area contributed by atoms with Crippen LogP contribution in [-0.4, -0.2) is 17.0 Å². The van der Waals surface area contributed by atoms with Crippen molar-refractivity contribution in [3.8, 4) is 5.75 Å². The van der Waals surface area contributed by atoms with Crippen LogP contribution in [0, 0.1) is 6.92 Å². The predicted molar refractivity (Wildman–Crippen MR) is 106 cm³/mol. The van der Waals surface area contributed by atoms with E-state index in [2.05, 4.69) is 4.57 Å². The minimum absolute atomic E-state index is 0.0785. The molecule has 0 aliphatic rings. The van der Waals surface area contributed by atoms with E-state index in [1.165, 1.54) is 11.3 Å². The SMILES string of the molecule is Cc1ccccc1OCCn1cc(C(=O)c2cccs2)c2ccccc21. The molecule has 2 aromatic heterocycles. The average Bonchev–Trinajstić information content (AvgIpc) is 3.31. The summed E-state index contributed by atoms with van der Waals surface area (Å²) in [5, 5.41) is 2.92. The Labute approximate surface area is 156 Å². The molecule has 0 radical (unpaired) electrons. The van der Waals surface area contributed by atoms with E-state index in [0.29, 0.717) is 13.2 Å². The number of aromatic nitrogens is 1. The van der Waals surface area contributed by atoms with E-state index in [4.69, 9.17) is 4.74 Å². The number of ether oxygens (including phenoxy) is 1. The minimum atomic E-state index is 0.0785. The van der Waals surface area contributed by atoms with Gasteiger partial charge in [0.05, 0.1) is 11.4 Å². The molecule has 130 valence electrons. The number of fused-ring (bicyclic) bond motifs is 1. The number of benzene rings is 2. The lowest BCUT2D eigenvalue weighted by molar-refractivity contribution is 0.104. The van der Waals surface area contributed by atoms with Crippen molar-refractivity contribution in [2.24, 2.45) is 0 Å². The van der Waals surface area contributed by atoms with Gasteiger partial charge in [-0.1, -0.05) is 42.5 Å². The molecular formula is C22H19NO2S. The molecule has 26 heavy (non-hydrogen) atoms. The highest BCUT2D eigenvalue weighted by Gasteiger charge is 2.17. The molecule has 0 fully saturated rings. The average molecular weight is 361 g/mol. The zero-order valence-corrected chi connectivity index (χ0v) is 15.3. The molecular weight excluding hydrogens is 342 g/mol. The molecule has 0 aliphatic carbocycles. The Kier molecular flexibility index (Phi) is 4.59. The fourth-order valence-corrected chi connectivity index (χ4v) is 3.80. The number of ketones is 1. The lowest BCUT2D eigenvalue weighted by atomic mass is 10.1. The quantitative estimate of drug-likeness (QED) is 0.435. The molecule has 3 nitrogen and oxygen atoms in total. The third-order valence-corrected chi connectivity index (χ3v) is 5.33. The number of nitrogens with zero attached hydrogens (tertiary/aromatic N) is 1. The van der Waals surface area contributed by atoms with E-state index in [0.717, 1.165) is 32.7 Å². The summed E-state index contributed by atoms with van der Waals surface area (Å²) >= 11 is 1.48. The number of para-hydroxylation sites is 2. The number of hydrogen-bond acceptors (Lipinski definition) is 3. The molecule has 2 heterocycles. The van der Waals surface area contributed by atoms with Crippen molar-refractivity contribution in [3.05, 3.63) is 88.2 Å². The first kappa shape index (κ1) is 16.6. The number of carbonyl (C=O) groups excluding carboxylic acids is 1. The highest BCUT2D eigenvalue weighted by atomic mass is 32.1. The maximum atomic E-state index is 12.8. The van der Waals surface area contributed by atoms with Crippen LogP contribution in [0.15, 0.2) is 72.2 Å². The summed E-state index contributed by atoms with van der Waals surface area (Å²) in [4.78, 5) is 13.6. The second kappa shape index (κ2) is 7.18. The van der Waals surface area contributed by atoms with Crippen LogP contribution >= 0.6 is 11.3 Å². The molecule has 0 atom stereocenters. The Balaban J connectivity index is 1.60. The smallest absolute Gasteiger partial charge is 0.205 e. The lowest BCUT2D eigenvalue weighted by Gasteiger charge is -2.10. The first-order chi connectivity index (χ1) is 12.7. The van der Waals surface area contributed by atoms with E-state index < -0.39 is 0 Å². The molecule has 4 heteroatoms. The van der Waals surface area contributed by atoms with Gasteiger partial charge in [0, 0.05) is 22.7 Å². The van der Waals surface area contributed by atoms with Crippen LogP contribution in [0.5, 0.6) is 5.75 Å². The summed E-state index contributed by atoms with van der Waals surface area (Å²) in [5.41, 5.74) is 2.93. The molecule has 0 aliphatic heterocycles. The fourth-order valence-electron chi connectivity index (χ4n) is 3.13. The van der Waals surface area contributed by atoms with E-state index in [1.807, 2.05) is 79.2 Å². The predicted octanol–water partition coefficient (Wildman–Crippen LogP) is 5.32. The Morgan fingerprint density at radius 2 is 1.85 bits per heavy atom. The maximum Gasteiger partial charge on any atom is 0.205 e. The van der Waals surface area contributed by atoms with Crippen LogP contribution in [0.1, 0.15) is 20.8 Å². The van der Waals surface area contributed by atoms with Gasteiger partial charge >= 0.3 is 0 Å². The second-order valence-corrected chi connectivity index (χ2v) is 7.12. The largest absolute Gasteiger partial charge is 0.491 e. The van der Waals surface area contributed by atoms with Gasteiger partial charge in [-0.2, -0.15) is 0 Å². The number of aryl methyl sites for hydroxylation is 1. The van der Waals surface area contributed by atoms with Crippen molar-refractivity contribution in [2.45, 2.75) is 13.5 Å². The Bertz CT molecular complexity index is 1050. The molecule has 0 unspecified atom stereocenters. The Morgan fingerprint density at radius 3 is 2.65 bits per heavy atom. The first-order valence-corrected chi connectivity index (χ1v) is 9.46. The Morgan fingerprint density at radius 1 is 1.04 bits per heavy atom. The molecule has 0 spiro atoms. The van der Waals surface area contributed by atoms with Crippen molar-refractivity contribution in [1.29, 1.82) is 0 Å². The molecule has 4 aromatic rings. The number of hydrogen-bond donors (Lipinski definition) is 0. The van der Waals surface area contributed by atoms with E-state index in [-0.39, 0.29) is 5.78 Å².